The van der Waals surface area contributed by atoms with Gasteiger partial charge in [0.1, 0.15) is 5.49 Å². The Kier molecular flexibility index (Phi) is 7.15. The average molecular weight is 470 g/mol. The largest absolute Gasteiger partial charge is 0.328 e. The van der Waals surface area contributed by atoms with Crippen molar-refractivity contribution in [3.8, 4) is 0 Å². The summed E-state index contributed by atoms with van der Waals surface area (Å²) in [7, 11) is -3.69. The summed E-state index contributed by atoms with van der Waals surface area (Å²) in [4.78, 5) is 17.0. The first kappa shape index (κ1) is 22.9. The molecule has 1 N–H and O–H groups in total. The van der Waals surface area contributed by atoms with Crippen LogP contribution in [-0.2, 0) is 16.6 Å². The average Bonchev–Trinajstić information content (AvgIpc) is 2.85. The minimum atomic E-state index is -3.69. The van der Waals surface area contributed by atoms with Gasteiger partial charge in [-0.2, -0.15) is 4.99 Å². The van der Waals surface area contributed by atoms with E-state index in [1.807, 2.05) is 83.6 Å². The van der Waals surface area contributed by atoms with Crippen molar-refractivity contribution >= 4 is 27.7 Å². The maximum absolute atomic E-state index is 12.7. The van der Waals surface area contributed by atoms with Gasteiger partial charge in [0, 0.05) is 24.0 Å². The van der Waals surface area contributed by atoms with Crippen LogP contribution in [0.3, 0.4) is 0 Å². The number of hydrogen-bond acceptors (Lipinski definition) is 3. The summed E-state index contributed by atoms with van der Waals surface area (Å²) < 4.78 is 29.0. The first-order valence-electron chi connectivity index (χ1n) is 10.6. The molecule has 0 aliphatic heterocycles. The van der Waals surface area contributed by atoms with E-state index in [0.717, 1.165) is 16.5 Å². The fourth-order valence-corrected chi connectivity index (χ4v) is 4.13. The van der Waals surface area contributed by atoms with Gasteiger partial charge >= 0.3 is 0 Å². The van der Waals surface area contributed by atoms with E-state index in [9.17, 15) is 13.2 Å². The van der Waals surface area contributed by atoms with Crippen molar-refractivity contribution in [2.75, 3.05) is 4.72 Å². The molecule has 34 heavy (non-hydrogen) atoms. The molecular weight excluding hydrogens is 446 g/mol. The van der Waals surface area contributed by atoms with Crippen LogP contribution in [0.2, 0.25) is 0 Å². The highest BCUT2D eigenvalue weighted by Crippen LogP contribution is 2.13. The number of amides is 1. The number of carbonyl (C=O) groups is 1. The summed E-state index contributed by atoms with van der Waals surface area (Å²) in [6.07, 6.45) is 3.39. The van der Waals surface area contributed by atoms with Gasteiger partial charge in [0.05, 0.1) is 5.41 Å². The van der Waals surface area contributed by atoms with Crippen molar-refractivity contribution in [2.24, 2.45) is 4.99 Å². The Morgan fingerprint density at radius 1 is 0.824 bits per heavy atom. The third kappa shape index (κ3) is 6.40. The van der Waals surface area contributed by atoms with Crippen molar-refractivity contribution in [3.05, 3.63) is 137 Å². The van der Waals surface area contributed by atoms with Crippen LogP contribution in [0.5, 0.6) is 0 Å². The molecule has 0 spiro atoms. The highest BCUT2D eigenvalue weighted by molar-refractivity contribution is 7.95. The summed E-state index contributed by atoms with van der Waals surface area (Å²) in [5.74, 6) is -0.411. The second kappa shape index (κ2) is 10.6. The fourth-order valence-electron chi connectivity index (χ4n) is 3.26. The zero-order valence-electron chi connectivity index (χ0n) is 18.3. The number of benzene rings is 3. The summed E-state index contributed by atoms with van der Waals surface area (Å²) in [5.41, 5.74) is 3.12. The molecular formula is C27H23N3O3S. The topological polar surface area (TPSA) is 80.5 Å². The first-order chi connectivity index (χ1) is 16.5. The van der Waals surface area contributed by atoms with Crippen molar-refractivity contribution < 1.29 is 13.2 Å². The fraction of sp³-hybridized carbons (Fsp3) is 0.0370. The second-order valence-electron chi connectivity index (χ2n) is 7.53. The molecule has 4 aromatic rings. The SMILES string of the molecule is O=C(N=c1ccccn1Cc1ccccc1)c1ccc(NS(=O)(=O)/C=C/c2ccccc2)cc1. The van der Waals surface area contributed by atoms with Gasteiger partial charge < -0.3 is 4.57 Å². The number of pyridine rings is 1. The Hall–Kier alpha value is -4.23. The van der Waals surface area contributed by atoms with Crippen LogP contribution in [0.1, 0.15) is 21.5 Å². The number of anilines is 1. The lowest BCUT2D eigenvalue weighted by Gasteiger charge is -2.07. The van der Waals surface area contributed by atoms with Crippen molar-refractivity contribution in [1.29, 1.82) is 0 Å². The van der Waals surface area contributed by atoms with Crippen LogP contribution in [0.15, 0.2) is 120 Å². The lowest BCUT2D eigenvalue weighted by atomic mass is 10.2. The first-order valence-corrected chi connectivity index (χ1v) is 12.2. The van der Waals surface area contributed by atoms with E-state index in [2.05, 4.69) is 9.71 Å². The van der Waals surface area contributed by atoms with E-state index in [1.165, 1.54) is 6.08 Å². The zero-order valence-corrected chi connectivity index (χ0v) is 19.1. The molecule has 0 saturated carbocycles. The van der Waals surface area contributed by atoms with Crippen molar-refractivity contribution in [1.82, 2.24) is 4.57 Å². The monoisotopic (exact) mass is 469 g/mol. The van der Waals surface area contributed by atoms with E-state index in [-0.39, 0.29) is 0 Å². The van der Waals surface area contributed by atoms with Gasteiger partial charge in [0.25, 0.3) is 15.9 Å². The predicted molar refractivity (Wildman–Crippen MR) is 134 cm³/mol. The maximum Gasteiger partial charge on any atom is 0.278 e. The van der Waals surface area contributed by atoms with Crippen LogP contribution in [0, 0.1) is 0 Å². The molecule has 3 aromatic carbocycles. The van der Waals surface area contributed by atoms with Gasteiger partial charge in [-0.05, 0) is 53.6 Å². The molecule has 1 aromatic heterocycles. The summed E-state index contributed by atoms with van der Waals surface area (Å²) >= 11 is 0. The van der Waals surface area contributed by atoms with E-state index < -0.39 is 15.9 Å². The summed E-state index contributed by atoms with van der Waals surface area (Å²) in [6.45, 7) is 0.588. The second-order valence-corrected chi connectivity index (χ2v) is 9.09. The smallest absolute Gasteiger partial charge is 0.278 e. The van der Waals surface area contributed by atoms with Gasteiger partial charge in [0.15, 0.2) is 0 Å². The minimum Gasteiger partial charge on any atom is -0.328 e. The van der Waals surface area contributed by atoms with Gasteiger partial charge in [-0.1, -0.05) is 66.7 Å². The summed E-state index contributed by atoms with van der Waals surface area (Å²) in [5, 5.41) is 1.11. The zero-order chi connectivity index (χ0) is 23.8. The Balaban J connectivity index is 1.48. The number of sulfonamides is 1. The molecule has 4 rings (SSSR count). The molecule has 6 nitrogen and oxygen atoms in total. The van der Waals surface area contributed by atoms with Gasteiger partial charge in [0.2, 0.25) is 0 Å². The van der Waals surface area contributed by atoms with Crippen molar-refractivity contribution in [3.63, 3.8) is 0 Å². The van der Waals surface area contributed by atoms with Gasteiger partial charge in [-0.3, -0.25) is 9.52 Å². The van der Waals surface area contributed by atoms with E-state index in [4.69, 9.17) is 0 Å². The summed E-state index contributed by atoms with van der Waals surface area (Å²) in [6, 6.07) is 30.7. The highest BCUT2D eigenvalue weighted by atomic mass is 32.2. The number of carbonyl (C=O) groups excluding carboxylic acids is 1. The lowest BCUT2D eigenvalue weighted by Crippen LogP contribution is -2.22. The quantitative estimate of drug-likeness (QED) is 0.426. The molecule has 0 aliphatic carbocycles. The number of hydrogen-bond donors (Lipinski definition) is 1. The standard InChI is InChI=1S/C27H23N3O3S/c31-27(28-26-13-7-8-19-30(26)21-23-11-5-2-6-12-23)24-14-16-25(17-15-24)29-34(32,33)20-18-22-9-3-1-4-10-22/h1-20,29H,21H2/b20-18+,28-26?. The number of rotatable bonds is 7. The Bertz CT molecular complexity index is 1460. The van der Waals surface area contributed by atoms with E-state index in [0.29, 0.717) is 23.3 Å². The number of nitrogens with one attached hydrogen (secondary N) is 1. The molecule has 0 unspecified atom stereocenters. The molecule has 1 amide bonds. The van der Waals surface area contributed by atoms with Crippen LogP contribution in [0.25, 0.3) is 6.08 Å². The molecule has 0 saturated heterocycles. The molecule has 1 heterocycles. The minimum absolute atomic E-state index is 0.355. The third-order valence-corrected chi connectivity index (χ3v) is 5.97. The maximum atomic E-state index is 12.7. The van der Waals surface area contributed by atoms with Crippen LogP contribution in [0.4, 0.5) is 5.69 Å². The van der Waals surface area contributed by atoms with Crippen LogP contribution < -0.4 is 10.2 Å². The lowest BCUT2D eigenvalue weighted by molar-refractivity contribution is 0.0997. The van der Waals surface area contributed by atoms with Crippen LogP contribution in [-0.4, -0.2) is 18.9 Å². The van der Waals surface area contributed by atoms with Crippen LogP contribution >= 0.6 is 0 Å². The predicted octanol–water partition coefficient (Wildman–Crippen LogP) is 4.69. The number of aromatic nitrogens is 1. The molecule has 0 bridgehead atoms. The molecule has 7 heteroatoms. The van der Waals surface area contributed by atoms with Crippen molar-refractivity contribution in [2.45, 2.75) is 6.54 Å². The Morgan fingerprint density at radius 3 is 2.18 bits per heavy atom. The van der Waals surface area contributed by atoms with Gasteiger partial charge in [-0.15, -0.1) is 0 Å². The Labute approximate surface area is 198 Å². The van der Waals surface area contributed by atoms with E-state index >= 15 is 0 Å². The van der Waals surface area contributed by atoms with Gasteiger partial charge in [-0.25, -0.2) is 8.42 Å². The molecule has 170 valence electrons. The molecule has 0 radical (unpaired) electrons. The Morgan fingerprint density at radius 2 is 1.47 bits per heavy atom. The highest BCUT2D eigenvalue weighted by Gasteiger charge is 2.08. The normalized spacial score (nSPS) is 12.1. The third-order valence-electron chi connectivity index (χ3n) is 4.96. The number of nitrogens with zero attached hydrogens (tertiary/aromatic N) is 2. The molecule has 0 fully saturated rings. The molecule has 0 atom stereocenters. The van der Waals surface area contributed by atoms with E-state index in [1.54, 1.807) is 30.3 Å². The molecule has 0 aliphatic rings.